The monoisotopic (exact) mass is 350 g/mol. The van der Waals surface area contributed by atoms with Gasteiger partial charge in [-0.1, -0.05) is 11.6 Å². The molecule has 1 aromatic rings. The molecule has 0 spiro atoms. The Kier molecular flexibility index (Phi) is 5.72. The summed E-state index contributed by atoms with van der Waals surface area (Å²) in [7, 11) is 0. The van der Waals surface area contributed by atoms with Crippen LogP contribution in [0.15, 0.2) is 18.2 Å². The average Bonchev–Trinajstić information content (AvgIpc) is 2.47. The second-order valence-electron chi connectivity index (χ2n) is 5.29. The number of carbonyl (C=O) groups excluding carboxylic acids is 1. The molecule has 1 heterocycles. The average molecular weight is 351 g/mol. The molecule has 0 aromatic heterocycles. The van der Waals surface area contributed by atoms with Crippen LogP contribution in [-0.4, -0.2) is 55.7 Å². The number of alkyl halides is 3. The van der Waals surface area contributed by atoms with Crippen LogP contribution in [0.5, 0.6) is 0 Å². The van der Waals surface area contributed by atoms with Gasteiger partial charge in [0.1, 0.15) is 6.04 Å². The van der Waals surface area contributed by atoms with Gasteiger partial charge < -0.3 is 16.4 Å². The van der Waals surface area contributed by atoms with Crippen LogP contribution in [-0.2, 0) is 0 Å². The van der Waals surface area contributed by atoms with E-state index in [1.54, 1.807) is 0 Å². The Morgan fingerprint density at radius 3 is 2.61 bits per heavy atom. The van der Waals surface area contributed by atoms with E-state index in [0.29, 0.717) is 18.8 Å². The molecule has 1 aliphatic rings. The fourth-order valence-corrected chi connectivity index (χ4v) is 2.72. The third-order valence-corrected chi connectivity index (χ3v) is 3.98. The number of hydrogen-bond donors (Lipinski definition) is 3. The Labute approximate surface area is 137 Å². The molecule has 4 N–H and O–H groups in total. The first-order valence-corrected chi connectivity index (χ1v) is 7.51. The first-order valence-electron chi connectivity index (χ1n) is 7.14. The van der Waals surface area contributed by atoms with Crippen molar-refractivity contribution in [3.8, 4) is 0 Å². The van der Waals surface area contributed by atoms with Gasteiger partial charge >= 0.3 is 6.18 Å². The lowest BCUT2D eigenvalue weighted by molar-refractivity contribution is -0.183. The predicted octanol–water partition coefficient (Wildman–Crippen LogP) is 1.49. The number of benzene rings is 1. The summed E-state index contributed by atoms with van der Waals surface area (Å²) in [6.07, 6.45) is -4.42. The fourth-order valence-electron chi connectivity index (χ4n) is 2.45. The molecule has 0 radical (unpaired) electrons. The first kappa shape index (κ1) is 17.8. The van der Waals surface area contributed by atoms with Crippen LogP contribution in [0.1, 0.15) is 10.4 Å². The summed E-state index contributed by atoms with van der Waals surface area (Å²) >= 11 is 5.90. The number of nitrogens with one attached hydrogen (secondary N) is 2. The van der Waals surface area contributed by atoms with E-state index in [1.807, 2.05) is 0 Å². The van der Waals surface area contributed by atoms with Gasteiger partial charge in [0.05, 0.1) is 10.6 Å². The van der Waals surface area contributed by atoms with Gasteiger partial charge in [-0.25, -0.2) is 0 Å². The SMILES string of the molecule is Nc1ccc(C(=O)NCC(N2CCNCC2)C(F)(F)F)c(Cl)c1. The number of carbonyl (C=O) groups is 1. The molecule has 0 aliphatic carbocycles. The van der Waals surface area contributed by atoms with Crippen molar-refractivity contribution in [2.24, 2.45) is 0 Å². The van der Waals surface area contributed by atoms with Crippen LogP contribution < -0.4 is 16.4 Å². The van der Waals surface area contributed by atoms with Crippen molar-refractivity contribution in [2.75, 3.05) is 38.5 Å². The molecule has 0 bridgehead atoms. The number of nitrogens with zero attached hydrogens (tertiary/aromatic N) is 1. The number of anilines is 1. The predicted molar refractivity (Wildman–Crippen MR) is 82.5 cm³/mol. The molecule has 5 nitrogen and oxygen atoms in total. The molecule has 0 saturated carbocycles. The molecule has 1 saturated heterocycles. The zero-order valence-electron chi connectivity index (χ0n) is 12.3. The van der Waals surface area contributed by atoms with Gasteiger partial charge in [-0.15, -0.1) is 0 Å². The third kappa shape index (κ3) is 4.73. The van der Waals surface area contributed by atoms with E-state index in [2.05, 4.69) is 10.6 Å². The summed E-state index contributed by atoms with van der Waals surface area (Å²) in [6.45, 7) is 1.02. The molecule has 1 aliphatic heterocycles. The van der Waals surface area contributed by atoms with Gasteiger partial charge in [0.15, 0.2) is 0 Å². The van der Waals surface area contributed by atoms with Crippen LogP contribution in [0.4, 0.5) is 18.9 Å². The quantitative estimate of drug-likeness (QED) is 0.720. The maximum atomic E-state index is 13.2. The lowest BCUT2D eigenvalue weighted by Crippen LogP contribution is -2.57. The van der Waals surface area contributed by atoms with Crippen LogP contribution in [0.25, 0.3) is 0 Å². The van der Waals surface area contributed by atoms with Crippen molar-refractivity contribution in [1.82, 2.24) is 15.5 Å². The lowest BCUT2D eigenvalue weighted by atomic mass is 10.1. The van der Waals surface area contributed by atoms with E-state index in [1.165, 1.54) is 23.1 Å². The smallest absolute Gasteiger partial charge is 0.399 e. The molecule has 1 fully saturated rings. The highest BCUT2D eigenvalue weighted by Gasteiger charge is 2.43. The molecular weight excluding hydrogens is 333 g/mol. The summed E-state index contributed by atoms with van der Waals surface area (Å²) in [6, 6.07) is 2.52. The molecule has 9 heteroatoms. The van der Waals surface area contributed by atoms with Gasteiger partial charge in [-0.2, -0.15) is 13.2 Å². The van der Waals surface area contributed by atoms with Crippen molar-refractivity contribution >= 4 is 23.2 Å². The minimum atomic E-state index is -4.42. The standard InChI is InChI=1S/C14H18ClF3N4O/c15-11-7-9(19)1-2-10(11)13(23)21-8-12(14(16,17)18)22-5-3-20-4-6-22/h1-2,7,12,20H,3-6,8,19H2,(H,21,23). The van der Waals surface area contributed by atoms with Gasteiger partial charge in [-0.05, 0) is 18.2 Å². The van der Waals surface area contributed by atoms with Crippen molar-refractivity contribution in [3.63, 3.8) is 0 Å². The number of hydrogen-bond acceptors (Lipinski definition) is 4. The van der Waals surface area contributed by atoms with Gasteiger partial charge in [0.25, 0.3) is 5.91 Å². The summed E-state index contributed by atoms with van der Waals surface area (Å²) < 4.78 is 39.7. The van der Waals surface area contributed by atoms with Crippen LogP contribution in [0.3, 0.4) is 0 Å². The third-order valence-electron chi connectivity index (χ3n) is 3.66. The minimum absolute atomic E-state index is 0.0992. The lowest BCUT2D eigenvalue weighted by Gasteiger charge is -2.35. The zero-order chi connectivity index (χ0) is 17.0. The van der Waals surface area contributed by atoms with Gasteiger partial charge in [0, 0.05) is 38.4 Å². The maximum Gasteiger partial charge on any atom is 0.405 e. The van der Waals surface area contributed by atoms with Gasteiger partial charge in [-0.3, -0.25) is 9.69 Å². The van der Waals surface area contributed by atoms with Crippen LogP contribution >= 0.6 is 11.6 Å². The molecular formula is C14H18ClF3N4O. The number of halogens is 4. The molecule has 1 unspecified atom stereocenters. The first-order chi connectivity index (χ1) is 10.8. The number of nitrogen functional groups attached to an aromatic ring is 1. The fraction of sp³-hybridized carbons (Fsp3) is 0.500. The Balaban J connectivity index is 2.04. The van der Waals surface area contributed by atoms with Gasteiger partial charge in [0.2, 0.25) is 0 Å². The minimum Gasteiger partial charge on any atom is -0.399 e. The Morgan fingerprint density at radius 1 is 1.39 bits per heavy atom. The second kappa shape index (κ2) is 7.37. The Hall–Kier alpha value is -1.51. The number of amides is 1. The summed E-state index contributed by atoms with van der Waals surface area (Å²) in [5.74, 6) is -0.653. The molecule has 2 rings (SSSR count). The summed E-state index contributed by atoms with van der Waals surface area (Å²) in [5.41, 5.74) is 6.00. The van der Waals surface area contributed by atoms with Crippen molar-refractivity contribution in [2.45, 2.75) is 12.2 Å². The van der Waals surface area contributed by atoms with Crippen LogP contribution in [0, 0.1) is 0 Å². The molecule has 1 aromatic carbocycles. The highest BCUT2D eigenvalue weighted by Crippen LogP contribution is 2.25. The molecule has 1 atom stereocenters. The Morgan fingerprint density at radius 2 is 2.04 bits per heavy atom. The van der Waals surface area contributed by atoms with Crippen molar-refractivity contribution in [3.05, 3.63) is 28.8 Å². The van der Waals surface area contributed by atoms with E-state index >= 15 is 0 Å². The van der Waals surface area contributed by atoms with E-state index in [4.69, 9.17) is 17.3 Å². The Bertz CT molecular complexity index is 561. The van der Waals surface area contributed by atoms with Crippen molar-refractivity contribution < 1.29 is 18.0 Å². The number of rotatable bonds is 4. The van der Waals surface area contributed by atoms with Crippen LogP contribution in [0.2, 0.25) is 5.02 Å². The topological polar surface area (TPSA) is 70.4 Å². The molecule has 23 heavy (non-hydrogen) atoms. The second-order valence-corrected chi connectivity index (χ2v) is 5.70. The molecule has 128 valence electrons. The number of nitrogens with two attached hydrogens (primary N) is 1. The maximum absolute atomic E-state index is 13.2. The van der Waals surface area contributed by atoms with E-state index in [-0.39, 0.29) is 23.7 Å². The van der Waals surface area contributed by atoms with E-state index < -0.39 is 24.7 Å². The highest BCUT2D eigenvalue weighted by atomic mass is 35.5. The largest absolute Gasteiger partial charge is 0.405 e. The highest BCUT2D eigenvalue weighted by molar-refractivity contribution is 6.34. The zero-order valence-corrected chi connectivity index (χ0v) is 13.0. The normalized spacial score (nSPS) is 17.7. The summed E-state index contributed by atoms with van der Waals surface area (Å²) in [4.78, 5) is 13.4. The van der Waals surface area contributed by atoms with Crippen molar-refractivity contribution in [1.29, 1.82) is 0 Å². The van der Waals surface area contributed by atoms with E-state index in [0.717, 1.165) is 0 Å². The van der Waals surface area contributed by atoms with E-state index in [9.17, 15) is 18.0 Å². The summed E-state index contributed by atoms with van der Waals surface area (Å²) in [5, 5.41) is 5.42. The number of piperazine rings is 1. The molecule has 1 amide bonds.